The van der Waals surface area contributed by atoms with Crippen molar-refractivity contribution in [2.75, 3.05) is 6.54 Å². The molecule has 2 atom stereocenters. The standard InChI is InChI=1S/C12H16I2N2O/c13-12-7-6-11(8-16(12)14)15-17-9-10-4-2-1-3-5-10/h1-5,11-12,15H,6-9H2/t11-,12+/m1/s1. The summed E-state index contributed by atoms with van der Waals surface area (Å²) in [6, 6.07) is 10.7. The molecule has 0 spiro atoms. The van der Waals surface area contributed by atoms with Crippen LogP contribution in [-0.4, -0.2) is 19.7 Å². The van der Waals surface area contributed by atoms with Gasteiger partial charge in [0.2, 0.25) is 0 Å². The average molecular weight is 458 g/mol. The molecule has 1 aromatic rings. The van der Waals surface area contributed by atoms with Crippen molar-refractivity contribution in [2.45, 2.75) is 29.5 Å². The van der Waals surface area contributed by atoms with E-state index in [0.717, 1.165) is 6.54 Å². The zero-order valence-corrected chi connectivity index (χ0v) is 13.8. The molecule has 1 aromatic carbocycles. The average Bonchev–Trinajstić information content (AvgIpc) is 2.35. The van der Waals surface area contributed by atoms with Crippen LogP contribution in [0.25, 0.3) is 0 Å². The van der Waals surface area contributed by atoms with Gasteiger partial charge in [0.25, 0.3) is 0 Å². The number of hydrogen-bond acceptors (Lipinski definition) is 3. The molecule has 1 saturated heterocycles. The van der Waals surface area contributed by atoms with Crippen molar-refractivity contribution < 1.29 is 4.84 Å². The van der Waals surface area contributed by atoms with Crippen molar-refractivity contribution in [1.29, 1.82) is 0 Å². The van der Waals surface area contributed by atoms with Crippen LogP contribution in [0.4, 0.5) is 0 Å². The maximum absolute atomic E-state index is 5.56. The predicted octanol–water partition coefficient (Wildman–Crippen LogP) is 3.28. The lowest BCUT2D eigenvalue weighted by Gasteiger charge is -2.32. The first-order chi connectivity index (χ1) is 8.25. The molecule has 0 unspecified atom stereocenters. The van der Waals surface area contributed by atoms with E-state index < -0.39 is 0 Å². The lowest BCUT2D eigenvalue weighted by atomic mass is 10.1. The topological polar surface area (TPSA) is 24.5 Å². The largest absolute Gasteiger partial charge is 0.297 e. The summed E-state index contributed by atoms with van der Waals surface area (Å²) in [5, 5.41) is 0. The van der Waals surface area contributed by atoms with Crippen LogP contribution in [0.3, 0.4) is 0 Å². The third-order valence-corrected chi connectivity index (χ3v) is 6.21. The smallest absolute Gasteiger partial charge is 0.0933 e. The summed E-state index contributed by atoms with van der Waals surface area (Å²) in [6.07, 6.45) is 2.40. The second-order valence-corrected chi connectivity index (χ2v) is 6.86. The predicted molar refractivity (Wildman–Crippen MR) is 85.9 cm³/mol. The molecule has 0 bridgehead atoms. The number of nitrogens with zero attached hydrogens (tertiary/aromatic N) is 1. The highest BCUT2D eigenvalue weighted by atomic mass is 127. The van der Waals surface area contributed by atoms with Crippen LogP contribution in [0.1, 0.15) is 18.4 Å². The van der Waals surface area contributed by atoms with Gasteiger partial charge in [0.15, 0.2) is 0 Å². The summed E-state index contributed by atoms with van der Waals surface area (Å²) >= 11 is 4.88. The van der Waals surface area contributed by atoms with Crippen LogP contribution in [0, 0.1) is 0 Å². The van der Waals surface area contributed by atoms with Crippen molar-refractivity contribution >= 4 is 45.5 Å². The van der Waals surface area contributed by atoms with Gasteiger partial charge < -0.3 is 0 Å². The third kappa shape index (κ3) is 4.62. The summed E-state index contributed by atoms with van der Waals surface area (Å²) < 4.78 is 2.99. The number of piperidine rings is 1. The van der Waals surface area contributed by atoms with Crippen LogP contribution in [0.5, 0.6) is 0 Å². The summed E-state index contributed by atoms with van der Waals surface area (Å²) in [5.74, 6) is 0. The molecule has 3 nitrogen and oxygen atoms in total. The van der Waals surface area contributed by atoms with E-state index in [1.54, 1.807) is 0 Å². The Morgan fingerprint density at radius 2 is 2.06 bits per heavy atom. The van der Waals surface area contributed by atoms with Gasteiger partial charge in [-0.3, -0.25) is 4.84 Å². The summed E-state index contributed by atoms with van der Waals surface area (Å²) in [4.78, 5) is 5.56. The van der Waals surface area contributed by atoms with E-state index in [1.807, 2.05) is 18.2 Å². The first kappa shape index (κ1) is 14.0. The SMILES string of the molecule is I[C@@H]1CC[C@@H](NOCc2ccccc2)CN1I. The van der Waals surface area contributed by atoms with Gasteiger partial charge in [-0.25, -0.2) is 3.11 Å². The van der Waals surface area contributed by atoms with Crippen molar-refractivity contribution in [2.24, 2.45) is 0 Å². The number of rotatable bonds is 4. The highest BCUT2D eigenvalue weighted by Gasteiger charge is 2.24. The monoisotopic (exact) mass is 458 g/mol. The van der Waals surface area contributed by atoms with E-state index in [-0.39, 0.29) is 0 Å². The normalized spacial score (nSPS) is 26.0. The number of hydrogen-bond donors (Lipinski definition) is 1. The Kier molecular flexibility index (Phi) is 5.94. The molecule has 17 heavy (non-hydrogen) atoms. The number of benzene rings is 1. The maximum atomic E-state index is 5.56. The molecule has 0 aliphatic carbocycles. The van der Waals surface area contributed by atoms with Gasteiger partial charge in [-0.1, -0.05) is 52.9 Å². The molecule has 1 N–H and O–H groups in total. The second-order valence-electron chi connectivity index (χ2n) is 4.18. The fraction of sp³-hybridized carbons (Fsp3) is 0.500. The minimum absolute atomic E-state index is 0.446. The van der Waals surface area contributed by atoms with Crippen molar-refractivity contribution in [3.63, 3.8) is 0 Å². The molecule has 1 aliphatic heterocycles. The molecule has 1 heterocycles. The second kappa shape index (κ2) is 7.22. The Labute approximate surface area is 130 Å². The number of hydroxylamine groups is 1. The molecule has 94 valence electrons. The van der Waals surface area contributed by atoms with Crippen LogP contribution >= 0.6 is 45.5 Å². The molecule has 2 rings (SSSR count). The molecular weight excluding hydrogens is 442 g/mol. The van der Waals surface area contributed by atoms with Crippen molar-refractivity contribution in [1.82, 2.24) is 8.59 Å². The number of alkyl halides is 1. The molecule has 0 radical (unpaired) electrons. The number of halogens is 2. The highest BCUT2D eigenvalue weighted by Crippen LogP contribution is 2.25. The third-order valence-electron chi connectivity index (χ3n) is 2.78. The van der Waals surface area contributed by atoms with Gasteiger partial charge in [0.05, 0.1) is 10.7 Å². The molecule has 0 amide bonds. The summed E-state index contributed by atoms with van der Waals surface area (Å²) in [7, 11) is 0. The van der Waals surface area contributed by atoms with E-state index in [0.29, 0.717) is 16.7 Å². The Balaban J connectivity index is 1.69. The van der Waals surface area contributed by atoms with Crippen molar-refractivity contribution in [3.8, 4) is 0 Å². The Morgan fingerprint density at radius 1 is 1.29 bits per heavy atom. The van der Waals surface area contributed by atoms with Gasteiger partial charge >= 0.3 is 0 Å². The Morgan fingerprint density at radius 3 is 2.76 bits per heavy atom. The Hall–Kier alpha value is 0.560. The van der Waals surface area contributed by atoms with Crippen LogP contribution in [-0.2, 0) is 11.4 Å². The molecule has 0 saturated carbocycles. The van der Waals surface area contributed by atoms with Gasteiger partial charge in [-0.15, -0.1) is 0 Å². The van der Waals surface area contributed by atoms with Gasteiger partial charge in [0.1, 0.15) is 0 Å². The number of nitrogens with one attached hydrogen (secondary N) is 1. The van der Waals surface area contributed by atoms with Crippen LogP contribution in [0.2, 0.25) is 0 Å². The zero-order chi connectivity index (χ0) is 12.1. The Bertz CT molecular complexity index is 337. The van der Waals surface area contributed by atoms with E-state index >= 15 is 0 Å². The highest BCUT2D eigenvalue weighted by molar-refractivity contribution is 14.1. The van der Waals surface area contributed by atoms with E-state index in [2.05, 4.69) is 66.2 Å². The van der Waals surface area contributed by atoms with Crippen LogP contribution < -0.4 is 5.48 Å². The van der Waals surface area contributed by atoms with E-state index in [4.69, 9.17) is 4.84 Å². The lowest BCUT2D eigenvalue weighted by Crippen LogP contribution is -2.44. The van der Waals surface area contributed by atoms with Gasteiger partial charge in [0, 0.05) is 35.5 Å². The fourth-order valence-electron chi connectivity index (χ4n) is 1.81. The molecular formula is C12H16I2N2O. The molecule has 0 aromatic heterocycles. The minimum atomic E-state index is 0.446. The summed E-state index contributed by atoms with van der Waals surface area (Å²) in [5.41, 5.74) is 4.37. The maximum Gasteiger partial charge on any atom is 0.0933 e. The fourth-order valence-corrected chi connectivity index (χ4v) is 3.15. The first-order valence-corrected chi connectivity index (χ1v) is 7.94. The van der Waals surface area contributed by atoms with E-state index in [1.165, 1.54) is 18.4 Å². The van der Waals surface area contributed by atoms with Gasteiger partial charge in [-0.2, -0.15) is 5.48 Å². The van der Waals surface area contributed by atoms with Crippen molar-refractivity contribution in [3.05, 3.63) is 35.9 Å². The summed E-state index contributed by atoms with van der Waals surface area (Å²) in [6.45, 7) is 1.68. The van der Waals surface area contributed by atoms with Crippen LogP contribution in [0.15, 0.2) is 30.3 Å². The molecule has 1 fully saturated rings. The first-order valence-electron chi connectivity index (χ1n) is 5.73. The van der Waals surface area contributed by atoms with Gasteiger partial charge in [-0.05, 0) is 18.4 Å². The molecule has 1 aliphatic rings. The quantitative estimate of drug-likeness (QED) is 0.247. The molecule has 5 heteroatoms. The zero-order valence-electron chi connectivity index (χ0n) is 9.48. The van der Waals surface area contributed by atoms with E-state index in [9.17, 15) is 0 Å². The lowest BCUT2D eigenvalue weighted by molar-refractivity contribution is -0.00634. The minimum Gasteiger partial charge on any atom is -0.297 e.